The predicted octanol–water partition coefficient (Wildman–Crippen LogP) is 3.77. The summed E-state index contributed by atoms with van der Waals surface area (Å²) in [6, 6.07) is 11.2. The molecule has 2 aromatic rings. The van der Waals surface area contributed by atoms with E-state index in [-0.39, 0.29) is 11.6 Å². The topological polar surface area (TPSA) is 98.5 Å². The Morgan fingerprint density at radius 3 is 2.62 bits per heavy atom. The summed E-state index contributed by atoms with van der Waals surface area (Å²) < 4.78 is 5.25. The van der Waals surface area contributed by atoms with Crippen LogP contribution in [0.15, 0.2) is 36.4 Å². The monoisotopic (exact) mass is 394 g/mol. The van der Waals surface area contributed by atoms with Crippen molar-refractivity contribution in [3.63, 3.8) is 0 Å². The van der Waals surface area contributed by atoms with Gasteiger partial charge in [-0.1, -0.05) is 24.6 Å². The van der Waals surface area contributed by atoms with E-state index in [4.69, 9.17) is 10.1 Å². The Balaban J connectivity index is 1.76. The minimum Gasteiger partial charge on any atom is -0.477 e. The van der Waals surface area contributed by atoms with Gasteiger partial charge in [0.15, 0.2) is 5.69 Å². The van der Waals surface area contributed by atoms with Gasteiger partial charge in [0.2, 0.25) is 0 Å². The number of nitrogens with one attached hydrogen (secondary N) is 2. The number of hydrogen-bond donors (Lipinski definition) is 3. The summed E-state index contributed by atoms with van der Waals surface area (Å²) in [4.78, 5) is 18.3. The predicted molar refractivity (Wildman–Crippen MR) is 113 cm³/mol. The van der Waals surface area contributed by atoms with Crippen molar-refractivity contribution < 1.29 is 14.6 Å². The van der Waals surface area contributed by atoms with Gasteiger partial charge in [-0.15, -0.1) is 0 Å². The largest absolute Gasteiger partial charge is 0.477 e. The van der Waals surface area contributed by atoms with Crippen LogP contribution in [0.3, 0.4) is 0 Å². The molecule has 1 aromatic heterocycles. The van der Waals surface area contributed by atoms with Crippen molar-refractivity contribution in [3.8, 4) is 0 Å². The molecule has 2 heterocycles. The van der Waals surface area contributed by atoms with Gasteiger partial charge in [-0.05, 0) is 31.0 Å². The van der Waals surface area contributed by atoms with Crippen LogP contribution in [-0.4, -0.2) is 48.6 Å². The maximum Gasteiger partial charge on any atom is 0.354 e. The summed E-state index contributed by atoms with van der Waals surface area (Å²) in [7, 11) is 1.69. The Kier molecular flexibility index (Phi) is 5.49. The lowest BCUT2D eigenvalue weighted by molar-refractivity contribution is 0.0690. The fourth-order valence-electron chi connectivity index (χ4n) is 3.91. The third-order valence-corrected chi connectivity index (χ3v) is 5.74. The van der Waals surface area contributed by atoms with Gasteiger partial charge in [0.1, 0.15) is 5.82 Å². The van der Waals surface area contributed by atoms with E-state index in [9.17, 15) is 9.90 Å². The molecule has 7 heteroatoms. The number of para-hydroxylation sites is 1. The Morgan fingerprint density at radius 2 is 2.03 bits per heavy atom. The second-order valence-electron chi connectivity index (χ2n) is 7.81. The van der Waals surface area contributed by atoms with E-state index in [0.29, 0.717) is 24.1 Å². The van der Waals surface area contributed by atoms with E-state index in [1.165, 1.54) is 0 Å². The Bertz CT molecular complexity index is 906. The van der Waals surface area contributed by atoms with Gasteiger partial charge in [0, 0.05) is 43.4 Å². The molecule has 2 aliphatic rings. The highest BCUT2D eigenvalue weighted by molar-refractivity contribution is 6.10. The molecule has 1 aliphatic carbocycles. The third-order valence-electron chi connectivity index (χ3n) is 5.74. The zero-order valence-corrected chi connectivity index (χ0v) is 16.5. The molecule has 1 saturated heterocycles. The van der Waals surface area contributed by atoms with Gasteiger partial charge >= 0.3 is 5.97 Å². The highest BCUT2D eigenvalue weighted by Crippen LogP contribution is 2.39. The number of aromatic carboxylic acids is 1. The normalized spacial score (nSPS) is 16.8. The van der Waals surface area contributed by atoms with Crippen LogP contribution in [0.25, 0.3) is 0 Å². The SMILES string of the molecule is COCC1CN(c2cc(C(=O)O)nc(Nc3ccccc3)c2C(=N)C2CCC2)C1. The molecular formula is C22H26N4O3. The average Bonchev–Trinajstić information content (AvgIpc) is 2.63. The number of rotatable bonds is 8. The smallest absolute Gasteiger partial charge is 0.354 e. The molecule has 7 nitrogen and oxygen atoms in total. The highest BCUT2D eigenvalue weighted by atomic mass is 16.5. The number of ether oxygens (including phenoxy) is 1. The van der Waals surface area contributed by atoms with Gasteiger partial charge in [-0.25, -0.2) is 9.78 Å². The molecule has 1 aromatic carbocycles. The Morgan fingerprint density at radius 1 is 1.31 bits per heavy atom. The molecule has 29 heavy (non-hydrogen) atoms. The zero-order valence-electron chi connectivity index (χ0n) is 16.5. The molecular weight excluding hydrogens is 368 g/mol. The second kappa shape index (κ2) is 8.21. The molecule has 1 saturated carbocycles. The minimum absolute atomic E-state index is 0.0150. The van der Waals surface area contributed by atoms with Crippen LogP contribution in [-0.2, 0) is 4.74 Å². The summed E-state index contributed by atoms with van der Waals surface area (Å²) in [5.41, 5.74) is 2.85. The summed E-state index contributed by atoms with van der Waals surface area (Å²) in [6.45, 7) is 2.25. The van der Waals surface area contributed by atoms with E-state index < -0.39 is 5.97 Å². The number of carbonyl (C=O) groups is 1. The van der Waals surface area contributed by atoms with Crippen LogP contribution >= 0.6 is 0 Å². The van der Waals surface area contributed by atoms with Gasteiger partial charge in [-0.3, -0.25) is 0 Å². The van der Waals surface area contributed by atoms with Crippen LogP contribution in [0, 0.1) is 17.2 Å². The van der Waals surface area contributed by atoms with Crippen molar-refractivity contribution in [2.24, 2.45) is 11.8 Å². The summed E-state index contributed by atoms with van der Waals surface area (Å²) in [5.74, 6) is -0.00689. The number of carboxylic acid groups (broad SMARTS) is 1. The van der Waals surface area contributed by atoms with Crippen molar-refractivity contribution in [2.45, 2.75) is 19.3 Å². The number of pyridine rings is 1. The average molecular weight is 394 g/mol. The molecule has 1 aliphatic heterocycles. The Labute approximate surface area is 170 Å². The standard InChI is InChI=1S/C22H26N4O3/c1-29-13-14-11-26(12-14)18-10-17(22(27)28)25-21(24-16-8-3-2-4-9-16)19(18)20(23)15-6-5-7-15/h2-4,8-10,14-15,23H,5-7,11-13H2,1H3,(H,24,25)(H,27,28). The maximum absolute atomic E-state index is 11.8. The number of nitrogens with zero attached hydrogens (tertiary/aromatic N) is 2. The van der Waals surface area contributed by atoms with Crippen molar-refractivity contribution in [1.82, 2.24) is 4.98 Å². The van der Waals surface area contributed by atoms with E-state index in [0.717, 1.165) is 49.3 Å². The molecule has 0 bridgehead atoms. The molecule has 152 valence electrons. The molecule has 2 fully saturated rings. The first-order valence-electron chi connectivity index (χ1n) is 10.00. The molecule has 0 unspecified atom stereocenters. The molecule has 3 N–H and O–H groups in total. The summed E-state index contributed by atoms with van der Waals surface area (Å²) >= 11 is 0. The molecule has 0 atom stereocenters. The van der Waals surface area contributed by atoms with Crippen LogP contribution in [0.5, 0.6) is 0 Å². The van der Waals surface area contributed by atoms with Crippen LogP contribution in [0.4, 0.5) is 17.2 Å². The number of methoxy groups -OCH3 is 1. The molecule has 0 spiro atoms. The minimum atomic E-state index is -1.07. The van der Waals surface area contributed by atoms with Gasteiger partial charge in [-0.2, -0.15) is 0 Å². The Hall–Kier alpha value is -2.93. The first-order valence-corrected chi connectivity index (χ1v) is 10.00. The van der Waals surface area contributed by atoms with Crippen molar-refractivity contribution >= 4 is 28.9 Å². The van der Waals surface area contributed by atoms with E-state index in [1.807, 2.05) is 30.3 Å². The van der Waals surface area contributed by atoms with Crippen LogP contribution in [0.2, 0.25) is 0 Å². The summed E-state index contributed by atoms with van der Waals surface area (Å²) in [5, 5.41) is 21.7. The fraction of sp³-hybridized carbons (Fsp3) is 0.409. The fourth-order valence-corrected chi connectivity index (χ4v) is 3.91. The van der Waals surface area contributed by atoms with E-state index in [2.05, 4.69) is 15.2 Å². The number of carboxylic acids is 1. The lowest BCUT2D eigenvalue weighted by atomic mass is 9.78. The number of hydrogen-bond acceptors (Lipinski definition) is 6. The van der Waals surface area contributed by atoms with Crippen molar-refractivity contribution in [1.29, 1.82) is 5.41 Å². The highest BCUT2D eigenvalue weighted by Gasteiger charge is 2.34. The number of anilines is 3. The first kappa shape index (κ1) is 19.4. The number of benzene rings is 1. The molecule has 4 rings (SSSR count). The molecule has 0 radical (unpaired) electrons. The van der Waals surface area contributed by atoms with Gasteiger partial charge < -0.3 is 25.5 Å². The first-order chi connectivity index (χ1) is 14.1. The lowest BCUT2D eigenvalue weighted by Gasteiger charge is -2.42. The van der Waals surface area contributed by atoms with Crippen LogP contribution in [0.1, 0.15) is 35.3 Å². The lowest BCUT2D eigenvalue weighted by Crippen LogP contribution is -2.49. The van der Waals surface area contributed by atoms with E-state index >= 15 is 0 Å². The van der Waals surface area contributed by atoms with Crippen LogP contribution < -0.4 is 10.2 Å². The second-order valence-corrected chi connectivity index (χ2v) is 7.81. The van der Waals surface area contributed by atoms with Gasteiger partial charge in [0.05, 0.1) is 17.9 Å². The molecule has 0 amide bonds. The van der Waals surface area contributed by atoms with Crippen molar-refractivity contribution in [2.75, 3.05) is 37.0 Å². The third kappa shape index (κ3) is 3.96. The van der Waals surface area contributed by atoms with Crippen molar-refractivity contribution in [3.05, 3.63) is 47.7 Å². The van der Waals surface area contributed by atoms with Gasteiger partial charge in [0.25, 0.3) is 0 Å². The number of aromatic nitrogens is 1. The quantitative estimate of drug-likeness (QED) is 0.590. The van der Waals surface area contributed by atoms with E-state index in [1.54, 1.807) is 13.2 Å². The maximum atomic E-state index is 11.8. The zero-order chi connectivity index (χ0) is 20.4. The summed E-state index contributed by atoms with van der Waals surface area (Å²) in [6.07, 6.45) is 3.12.